The van der Waals surface area contributed by atoms with E-state index < -0.39 is 30.2 Å². The highest BCUT2D eigenvalue weighted by Crippen LogP contribution is 2.43. The molecule has 0 N–H and O–H groups in total. The minimum atomic E-state index is -0.504. The minimum Gasteiger partial charge on any atom is -0.456 e. The third-order valence-electron chi connectivity index (χ3n) is 9.48. The Morgan fingerprint density at radius 3 is 1.96 bits per heavy atom. The molecule has 5 nitrogen and oxygen atoms in total. The molecule has 0 saturated carbocycles. The molecule has 0 fully saturated rings. The van der Waals surface area contributed by atoms with Crippen molar-refractivity contribution >= 4 is 65.4 Å². The number of benzene rings is 8. The van der Waals surface area contributed by atoms with Gasteiger partial charge in [-0.25, -0.2) is 15.0 Å². The monoisotopic (exact) mass is 673 g/mol. The number of furan rings is 2. The quantitative estimate of drug-likeness (QED) is 0.186. The highest BCUT2D eigenvalue weighted by atomic mass is 16.3. The van der Waals surface area contributed by atoms with Crippen molar-refractivity contribution in [3.63, 3.8) is 0 Å². The average molecular weight is 674 g/mol. The first kappa shape index (κ1) is 21.9. The molecule has 0 unspecified atom stereocenters. The normalized spacial score (nSPS) is 14.0. The van der Waals surface area contributed by atoms with Crippen LogP contribution in [-0.2, 0) is 0 Å². The summed E-state index contributed by atoms with van der Waals surface area (Å²) in [6.45, 7) is 0. The maximum atomic E-state index is 9.84. The largest absolute Gasteiger partial charge is 0.456 e. The summed E-state index contributed by atoms with van der Waals surface area (Å²) in [5, 5.41) is 3.41. The number of aromatic nitrogens is 3. The van der Waals surface area contributed by atoms with Crippen molar-refractivity contribution in [2.24, 2.45) is 0 Å². The van der Waals surface area contributed by atoms with E-state index in [4.69, 9.17) is 26.5 Å². The number of fused-ring (bicyclic) bond motifs is 9. The van der Waals surface area contributed by atoms with Crippen LogP contribution >= 0.6 is 0 Å². The topological polar surface area (TPSA) is 65.0 Å². The van der Waals surface area contributed by atoms with Crippen LogP contribution in [0.4, 0.5) is 0 Å². The summed E-state index contributed by atoms with van der Waals surface area (Å²) in [5.74, 6) is 0.440. The summed E-state index contributed by atoms with van der Waals surface area (Å²) in [7, 11) is 0. The molecule has 52 heavy (non-hydrogen) atoms. The van der Waals surface area contributed by atoms with E-state index in [2.05, 4.69) is 0 Å². The summed E-state index contributed by atoms with van der Waals surface area (Å²) in [5.41, 5.74) is 2.98. The lowest BCUT2D eigenvalue weighted by molar-refractivity contribution is 0.668. The van der Waals surface area contributed by atoms with Crippen LogP contribution in [0.1, 0.15) is 11.0 Å². The molecule has 0 aliphatic carbocycles. The van der Waals surface area contributed by atoms with Crippen LogP contribution in [0.2, 0.25) is 0 Å². The third kappa shape index (κ3) is 4.39. The molecule has 0 saturated heterocycles. The Morgan fingerprint density at radius 2 is 1.06 bits per heavy atom. The predicted octanol–water partition coefficient (Wildman–Crippen LogP) is 12.6. The van der Waals surface area contributed by atoms with Crippen molar-refractivity contribution in [2.75, 3.05) is 0 Å². The third-order valence-corrected chi connectivity index (χ3v) is 9.48. The van der Waals surface area contributed by atoms with Gasteiger partial charge in [-0.1, -0.05) is 127 Å². The van der Waals surface area contributed by atoms with Crippen molar-refractivity contribution in [3.8, 4) is 45.3 Å². The van der Waals surface area contributed by atoms with E-state index in [1.807, 2.05) is 109 Å². The maximum absolute atomic E-state index is 9.84. The number of para-hydroxylation sites is 1. The smallest absolute Gasteiger partial charge is 0.164 e. The van der Waals surface area contributed by atoms with Crippen LogP contribution in [0.25, 0.3) is 111 Å². The van der Waals surface area contributed by atoms with Crippen molar-refractivity contribution in [3.05, 3.63) is 164 Å². The van der Waals surface area contributed by atoms with Gasteiger partial charge in [0.15, 0.2) is 17.5 Å². The van der Waals surface area contributed by atoms with Gasteiger partial charge in [-0.15, -0.1) is 0 Å². The van der Waals surface area contributed by atoms with Crippen LogP contribution < -0.4 is 0 Å². The molecule has 0 radical (unpaired) electrons. The molecular formula is C47H27N3O2. The van der Waals surface area contributed by atoms with E-state index in [-0.39, 0.29) is 79.4 Å². The van der Waals surface area contributed by atoms with Crippen LogP contribution in [0.15, 0.2) is 172 Å². The fourth-order valence-electron chi connectivity index (χ4n) is 7.15. The van der Waals surface area contributed by atoms with Crippen LogP contribution in [-0.4, -0.2) is 15.0 Å². The molecule has 11 aromatic rings. The van der Waals surface area contributed by atoms with Crippen LogP contribution in [0.3, 0.4) is 0 Å². The zero-order valence-electron chi connectivity index (χ0n) is 35.1. The van der Waals surface area contributed by atoms with Gasteiger partial charge in [-0.3, -0.25) is 0 Å². The summed E-state index contributed by atoms with van der Waals surface area (Å²) < 4.78 is 86.7. The van der Waals surface area contributed by atoms with E-state index in [1.165, 1.54) is 0 Å². The molecule has 0 bridgehead atoms. The first-order valence-electron chi connectivity index (χ1n) is 20.7. The Kier molecular flexibility index (Phi) is 4.71. The predicted molar refractivity (Wildman–Crippen MR) is 211 cm³/mol. The van der Waals surface area contributed by atoms with E-state index in [1.54, 1.807) is 6.07 Å². The first-order chi connectivity index (χ1) is 29.1. The summed E-state index contributed by atoms with van der Waals surface area (Å²) >= 11 is 0. The SMILES string of the molecule is [2H]c1c(-c2nc(-c3ccccc3)nc(-c3cccc4oc5ccccc5c34)n2)c([2H])c2c(oc3c([2H])c(-c4cccc5ccccc45)c4c([2H])c([2H])c([2H])c([2H])c4c32)c1[2H]. The highest BCUT2D eigenvalue weighted by molar-refractivity contribution is 6.23. The van der Waals surface area contributed by atoms with E-state index in [0.717, 1.165) is 21.5 Å². The van der Waals surface area contributed by atoms with Gasteiger partial charge in [-0.05, 0) is 69.0 Å². The zero-order chi connectivity index (χ0) is 41.1. The van der Waals surface area contributed by atoms with Crippen molar-refractivity contribution in [1.29, 1.82) is 0 Å². The van der Waals surface area contributed by atoms with Crippen LogP contribution in [0.5, 0.6) is 0 Å². The molecule has 3 heterocycles. The molecule has 8 aromatic carbocycles. The molecular weight excluding hydrogens is 639 g/mol. The van der Waals surface area contributed by atoms with E-state index in [9.17, 15) is 8.22 Å². The second kappa shape index (κ2) is 11.2. The summed E-state index contributed by atoms with van der Waals surface area (Å²) in [4.78, 5) is 14.6. The van der Waals surface area contributed by atoms with Crippen molar-refractivity contribution in [1.82, 2.24) is 15.0 Å². The van der Waals surface area contributed by atoms with Crippen molar-refractivity contribution in [2.45, 2.75) is 0 Å². The average Bonchev–Trinajstić information content (AvgIpc) is 3.87. The highest BCUT2D eigenvalue weighted by Gasteiger charge is 2.20. The Hall–Kier alpha value is -7.11. The Morgan fingerprint density at radius 1 is 0.385 bits per heavy atom. The molecule has 3 aromatic heterocycles. The fraction of sp³-hybridized carbons (Fsp3) is 0. The maximum Gasteiger partial charge on any atom is 0.164 e. The molecule has 242 valence electrons. The lowest BCUT2D eigenvalue weighted by Gasteiger charge is -2.11. The molecule has 0 amide bonds. The van der Waals surface area contributed by atoms with E-state index in [0.29, 0.717) is 27.9 Å². The number of nitrogens with zero attached hydrogens (tertiary/aromatic N) is 3. The fourth-order valence-corrected chi connectivity index (χ4v) is 7.15. The number of hydrogen-bond acceptors (Lipinski definition) is 5. The number of rotatable bonds is 4. The minimum absolute atomic E-state index is 0.000142. The lowest BCUT2D eigenvalue weighted by atomic mass is 9.92. The summed E-state index contributed by atoms with van der Waals surface area (Å²) in [6.07, 6.45) is 0. The Bertz CT molecular complexity index is 3660. The Labute approximate surface area is 308 Å². The molecule has 0 aliphatic heterocycles. The van der Waals surface area contributed by atoms with Gasteiger partial charge in [-0.2, -0.15) is 0 Å². The lowest BCUT2D eigenvalue weighted by Crippen LogP contribution is -2.00. The molecule has 0 spiro atoms. The standard InChI is InChI=1S/C47H27N3O2/c1-2-13-29(14-3-1)45-48-46(50-47(49-45)36-21-11-23-41-44(36)35-19-8-9-22-39(35)51-41)30-24-25-40-38(26-30)43-34-18-7-6-17-33(34)37(27-42(43)52-40)32-20-10-15-28-12-4-5-16-31(28)32/h1-27H/i6D,7D,17D,18D,24D,25D,26D,27D. The van der Waals surface area contributed by atoms with Gasteiger partial charge in [0.05, 0.1) is 11.0 Å². The van der Waals surface area contributed by atoms with Gasteiger partial charge in [0.1, 0.15) is 22.3 Å². The number of hydrogen-bond donors (Lipinski definition) is 0. The molecule has 11 rings (SSSR count). The summed E-state index contributed by atoms with van der Waals surface area (Å²) in [6, 6.07) is 32.5. The van der Waals surface area contributed by atoms with E-state index >= 15 is 0 Å². The molecule has 0 atom stereocenters. The van der Waals surface area contributed by atoms with Gasteiger partial charge in [0.2, 0.25) is 0 Å². The second-order valence-electron chi connectivity index (χ2n) is 12.5. The van der Waals surface area contributed by atoms with Gasteiger partial charge < -0.3 is 8.83 Å². The molecule has 5 heteroatoms. The van der Waals surface area contributed by atoms with Gasteiger partial charge in [0, 0.05) is 38.2 Å². The van der Waals surface area contributed by atoms with Crippen LogP contribution in [0, 0.1) is 0 Å². The van der Waals surface area contributed by atoms with Gasteiger partial charge in [0.25, 0.3) is 0 Å². The van der Waals surface area contributed by atoms with Crippen molar-refractivity contribution < 1.29 is 19.8 Å². The first-order valence-corrected chi connectivity index (χ1v) is 16.7. The zero-order valence-corrected chi connectivity index (χ0v) is 27.1. The molecule has 0 aliphatic rings. The second-order valence-corrected chi connectivity index (χ2v) is 12.5. The van der Waals surface area contributed by atoms with Gasteiger partial charge >= 0.3 is 0 Å². The Balaban J connectivity index is 1.27.